The first-order chi connectivity index (χ1) is 26.0. The van der Waals surface area contributed by atoms with Crippen molar-refractivity contribution in [3.63, 3.8) is 0 Å². The van der Waals surface area contributed by atoms with Crippen LogP contribution in [0.25, 0.3) is 0 Å². The fraction of sp³-hybridized carbons (Fsp3) is 0.818. The molecule has 0 saturated carbocycles. The molecule has 0 fully saturated rings. The highest BCUT2D eigenvalue weighted by Crippen LogP contribution is 2.43. The maximum Gasteiger partial charge on any atom is 0.472 e. The van der Waals surface area contributed by atoms with Crippen LogP contribution in [-0.2, 0) is 32.7 Å². The summed E-state index contributed by atoms with van der Waals surface area (Å²) in [5.74, 6) is -0.816. The van der Waals surface area contributed by atoms with E-state index < -0.39 is 26.5 Å². The fourth-order valence-corrected chi connectivity index (χ4v) is 6.59. The molecule has 0 aromatic carbocycles. The lowest BCUT2D eigenvalue weighted by Gasteiger charge is -2.24. The van der Waals surface area contributed by atoms with Gasteiger partial charge in [0.15, 0.2) is 6.10 Å². The predicted octanol–water partition coefficient (Wildman–Crippen LogP) is 12.1. The Morgan fingerprint density at radius 1 is 0.630 bits per heavy atom. The van der Waals surface area contributed by atoms with Crippen LogP contribution in [0.4, 0.5) is 0 Å². The van der Waals surface area contributed by atoms with Crippen molar-refractivity contribution in [3.05, 3.63) is 37.0 Å². The summed E-state index contributed by atoms with van der Waals surface area (Å²) >= 11 is 0. The van der Waals surface area contributed by atoms with Gasteiger partial charge >= 0.3 is 19.8 Å². The van der Waals surface area contributed by atoms with Crippen molar-refractivity contribution in [3.8, 4) is 0 Å². The van der Waals surface area contributed by atoms with Gasteiger partial charge in [-0.1, -0.05) is 140 Å². The highest BCUT2D eigenvalue weighted by atomic mass is 31.2. The Morgan fingerprint density at radius 3 is 1.59 bits per heavy atom. The summed E-state index contributed by atoms with van der Waals surface area (Å²) in [6, 6.07) is 0. The van der Waals surface area contributed by atoms with Gasteiger partial charge in [-0.15, -0.1) is 6.58 Å². The van der Waals surface area contributed by atoms with Crippen LogP contribution in [0.3, 0.4) is 0 Å². The number of phosphoric acid groups is 1. The highest BCUT2D eigenvalue weighted by molar-refractivity contribution is 7.47. The molecule has 0 rings (SSSR count). The number of esters is 2. The van der Waals surface area contributed by atoms with E-state index in [-0.39, 0.29) is 32.0 Å². The molecule has 0 bridgehead atoms. The minimum atomic E-state index is -4.38. The Hall–Kier alpha value is -1.77. The lowest BCUT2D eigenvalue weighted by Crippen LogP contribution is -2.37. The number of nitrogens with zero attached hydrogens (tertiary/aromatic N) is 1. The molecule has 1 N–H and O–H groups in total. The Bertz CT molecular complexity index is 1010. The van der Waals surface area contributed by atoms with E-state index in [2.05, 4.69) is 37.8 Å². The Morgan fingerprint density at radius 2 is 1.09 bits per heavy atom. The van der Waals surface area contributed by atoms with E-state index in [1.807, 2.05) is 27.2 Å². The van der Waals surface area contributed by atoms with Crippen molar-refractivity contribution in [2.24, 2.45) is 0 Å². The van der Waals surface area contributed by atoms with Crippen molar-refractivity contribution >= 4 is 19.8 Å². The lowest BCUT2D eigenvalue weighted by atomic mass is 10.0. The molecule has 9 nitrogen and oxygen atoms in total. The van der Waals surface area contributed by atoms with E-state index in [9.17, 15) is 19.0 Å². The summed E-state index contributed by atoms with van der Waals surface area (Å²) in [5, 5.41) is 0. The zero-order valence-electron chi connectivity index (χ0n) is 35.3. The summed E-state index contributed by atoms with van der Waals surface area (Å²) in [7, 11) is 1.46. The summed E-state index contributed by atoms with van der Waals surface area (Å²) in [6.07, 6.45) is 39.3. The van der Waals surface area contributed by atoms with Crippen LogP contribution in [0, 0.1) is 0 Å². The average molecular weight is 785 g/mol. The first kappa shape index (κ1) is 52.2. The van der Waals surface area contributed by atoms with Crippen LogP contribution >= 0.6 is 7.82 Å². The smallest absolute Gasteiger partial charge is 0.462 e. The molecule has 0 aromatic heterocycles. The third-order valence-corrected chi connectivity index (χ3v) is 10.3. The minimum absolute atomic E-state index is 0.0283. The first-order valence-corrected chi connectivity index (χ1v) is 23.2. The van der Waals surface area contributed by atoms with Gasteiger partial charge in [0, 0.05) is 12.8 Å². The van der Waals surface area contributed by atoms with E-state index in [0.29, 0.717) is 17.4 Å². The molecule has 0 aromatic rings. The Labute approximate surface area is 331 Å². The van der Waals surface area contributed by atoms with E-state index >= 15 is 0 Å². The number of carbonyl (C=O) groups is 2. The molecular weight excluding hydrogens is 701 g/mol. The molecule has 0 aliphatic rings. The zero-order valence-corrected chi connectivity index (χ0v) is 36.2. The monoisotopic (exact) mass is 785 g/mol. The topological polar surface area (TPSA) is 108 Å². The van der Waals surface area contributed by atoms with Crippen molar-refractivity contribution in [1.29, 1.82) is 0 Å². The number of likely N-dealkylation sites (N-methyl/N-ethyl adjacent to an activating group) is 1. The maximum absolute atomic E-state index is 12.7. The Kier molecular flexibility index (Phi) is 35.6. The number of allylic oxidation sites excluding steroid dienone is 5. The van der Waals surface area contributed by atoms with Gasteiger partial charge in [-0.05, 0) is 57.8 Å². The second kappa shape index (κ2) is 36.8. The second-order valence-electron chi connectivity index (χ2n) is 15.8. The SMILES string of the molecule is C=CCCCCCCCCCCCCCCCC(=O)OC[C@H](COP(=O)(O)OCC[N+](C)(C)C)OC(=O)CCCCCCC/C=C/C/C=C/CCCCC. The molecule has 54 heavy (non-hydrogen) atoms. The number of unbranched alkanes of at least 4 members (excludes halogenated alkanes) is 21. The molecule has 1 unspecified atom stereocenters. The van der Waals surface area contributed by atoms with Gasteiger partial charge < -0.3 is 18.9 Å². The van der Waals surface area contributed by atoms with Crippen LogP contribution in [0.1, 0.15) is 180 Å². The van der Waals surface area contributed by atoms with Gasteiger partial charge in [-0.3, -0.25) is 18.6 Å². The normalized spacial score (nSPS) is 13.7. The number of hydrogen-bond acceptors (Lipinski definition) is 7. The maximum atomic E-state index is 12.7. The summed E-state index contributed by atoms with van der Waals surface area (Å²) in [6.45, 7) is 5.90. The van der Waals surface area contributed by atoms with Crippen LogP contribution in [0.5, 0.6) is 0 Å². The molecule has 0 aliphatic heterocycles. The predicted molar refractivity (Wildman–Crippen MR) is 224 cm³/mol. The molecule has 0 spiro atoms. The Balaban J connectivity index is 4.37. The first-order valence-electron chi connectivity index (χ1n) is 21.7. The quantitative estimate of drug-likeness (QED) is 0.0215. The van der Waals surface area contributed by atoms with Crippen LogP contribution in [-0.4, -0.2) is 74.9 Å². The van der Waals surface area contributed by atoms with Crippen molar-refractivity contribution in [2.75, 3.05) is 47.5 Å². The van der Waals surface area contributed by atoms with Crippen molar-refractivity contribution < 1.29 is 42.1 Å². The number of ether oxygens (including phenoxy) is 2. The minimum Gasteiger partial charge on any atom is -0.462 e. The van der Waals surface area contributed by atoms with Gasteiger partial charge in [-0.25, -0.2) is 4.57 Å². The number of phosphoric ester groups is 1. The van der Waals surface area contributed by atoms with Crippen molar-refractivity contribution in [1.82, 2.24) is 0 Å². The average Bonchev–Trinajstić information content (AvgIpc) is 3.12. The summed E-state index contributed by atoms with van der Waals surface area (Å²) < 4.78 is 34.3. The van der Waals surface area contributed by atoms with Crippen LogP contribution in [0.2, 0.25) is 0 Å². The van der Waals surface area contributed by atoms with Gasteiger partial charge in [0.25, 0.3) is 0 Å². The van der Waals surface area contributed by atoms with Crippen molar-refractivity contribution in [2.45, 2.75) is 186 Å². The molecule has 0 saturated heterocycles. The van der Waals surface area contributed by atoms with Gasteiger partial charge in [0.1, 0.15) is 19.8 Å². The van der Waals surface area contributed by atoms with E-state index in [1.165, 1.54) is 89.9 Å². The fourth-order valence-electron chi connectivity index (χ4n) is 5.85. The summed E-state index contributed by atoms with van der Waals surface area (Å²) in [5.41, 5.74) is 0. The van der Waals surface area contributed by atoms with Gasteiger partial charge in [0.05, 0.1) is 27.7 Å². The van der Waals surface area contributed by atoms with Gasteiger partial charge in [0.2, 0.25) is 0 Å². The number of rotatable bonds is 40. The molecule has 0 radical (unpaired) electrons. The summed E-state index contributed by atoms with van der Waals surface area (Å²) in [4.78, 5) is 35.3. The zero-order chi connectivity index (χ0) is 40.0. The molecule has 10 heteroatoms. The third-order valence-electron chi connectivity index (χ3n) is 9.29. The number of quaternary nitrogens is 1. The number of hydrogen-bond donors (Lipinski definition) is 1. The molecule has 0 aliphatic carbocycles. The standard InChI is InChI=1S/C44H82NO8P/c1-6-8-10-12-14-16-18-20-22-24-26-28-30-32-34-36-43(46)50-40-42(41-52-54(48,49)51-39-38-45(3,4)5)53-44(47)37-35-33-31-29-27-25-23-21-19-17-15-13-11-9-7-2/h6,15,17,21,23,42H,1,7-14,16,18-20,22,24-41H2,2-5H3/p+1/b17-15+,23-21+/t42-/m1/s1. The molecule has 316 valence electrons. The largest absolute Gasteiger partial charge is 0.472 e. The molecular formula is C44H83NO8P+. The molecule has 0 amide bonds. The van der Waals surface area contributed by atoms with E-state index in [1.54, 1.807) is 0 Å². The second-order valence-corrected chi connectivity index (χ2v) is 17.3. The molecule has 0 heterocycles. The highest BCUT2D eigenvalue weighted by Gasteiger charge is 2.27. The van der Waals surface area contributed by atoms with E-state index in [0.717, 1.165) is 64.2 Å². The van der Waals surface area contributed by atoms with E-state index in [4.69, 9.17) is 18.5 Å². The lowest BCUT2D eigenvalue weighted by molar-refractivity contribution is -0.870. The third kappa shape index (κ3) is 39.9. The van der Waals surface area contributed by atoms with Crippen LogP contribution in [0.15, 0.2) is 37.0 Å². The van der Waals surface area contributed by atoms with Gasteiger partial charge in [-0.2, -0.15) is 0 Å². The molecule has 2 atom stereocenters. The van der Waals surface area contributed by atoms with Crippen LogP contribution < -0.4 is 0 Å². The number of carbonyl (C=O) groups excluding carboxylic acids is 2.